The second-order valence-corrected chi connectivity index (χ2v) is 16.4. The number of carbonyl (C=O) groups is 5. The largest absolute Gasteiger partial charge is 0.442 e. The predicted octanol–water partition coefficient (Wildman–Crippen LogP) is 4.09. The van der Waals surface area contributed by atoms with Crippen LogP contribution < -0.4 is 22.1 Å². The van der Waals surface area contributed by atoms with Crippen LogP contribution in [-0.2, 0) is 49.7 Å². The van der Waals surface area contributed by atoms with E-state index >= 15 is 9.59 Å². The Hall–Kier alpha value is -6.20. The topological polar surface area (TPSA) is 252 Å². The lowest BCUT2D eigenvalue weighted by molar-refractivity contribution is -0.185. The van der Waals surface area contributed by atoms with Gasteiger partial charge in [0.25, 0.3) is 5.91 Å². The highest BCUT2D eigenvalue weighted by molar-refractivity contribution is 5.99. The summed E-state index contributed by atoms with van der Waals surface area (Å²) in [7, 11) is 0. The van der Waals surface area contributed by atoms with E-state index in [1.807, 2.05) is 37.3 Å². The number of aliphatic hydroxyl groups is 1. The Morgan fingerprint density at radius 3 is 2.18 bits per heavy atom. The van der Waals surface area contributed by atoms with Crippen molar-refractivity contribution in [3.63, 3.8) is 0 Å². The van der Waals surface area contributed by atoms with Crippen LogP contribution in [-0.4, -0.2) is 94.6 Å². The highest BCUT2D eigenvalue weighted by atomic mass is 16.6. The van der Waals surface area contributed by atoms with Crippen molar-refractivity contribution < 1.29 is 33.8 Å². The van der Waals surface area contributed by atoms with Crippen LogP contribution >= 0.6 is 0 Å². The van der Waals surface area contributed by atoms with Crippen LogP contribution in [0.4, 0.5) is 10.6 Å². The van der Waals surface area contributed by atoms with Crippen molar-refractivity contribution in [3.05, 3.63) is 108 Å². The molecule has 0 radical (unpaired) electrons. The van der Waals surface area contributed by atoms with Crippen LogP contribution in [0.2, 0.25) is 0 Å². The van der Waals surface area contributed by atoms with Gasteiger partial charge in [-0.1, -0.05) is 80.9 Å². The van der Waals surface area contributed by atoms with E-state index in [4.69, 9.17) is 16.2 Å². The number of rotatable bonds is 20. The zero-order valence-corrected chi connectivity index (χ0v) is 36.6. The van der Waals surface area contributed by atoms with Crippen molar-refractivity contribution in [1.29, 1.82) is 0 Å². The number of nitrogens with zero attached hydrogens (tertiary/aromatic N) is 5. The monoisotopic (exact) mass is 854 g/mol. The number of hydrogen-bond donors (Lipinski definition) is 6. The predicted molar refractivity (Wildman–Crippen MR) is 233 cm³/mol. The van der Waals surface area contributed by atoms with Crippen LogP contribution in [0.25, 0.3) is 0 Å². The highest BCUT2D eigenvalue weighted by Crippen LogP contribution is 2.36. The van der Waals surface area contributed by atoms with Gasteiger partial charge in [0.15, 0.2) is 0 Å². The van der Waals surface area contributed by atoms with E-state index < -0.39 is 65.3 Å². The molecule has 0 saturated carbocycles. The molecule has 17 nitrogen and oxygen atoms in total. The molecule has 62 heavy (non-hydrogen) atoms. The van der Waals surface area contributed by atoms with Gasteiger partial charge in [0.05, 0.1) is 18.5 Å². The smallest absolute Gasteiger partial charge is 0.436 e. The number of aryl methyl sites for hydroxylation is 2. The summed E-state index contributed by atoms with van der Waals surface area (Å²) in [5.74, 6) is -3.15. The summed E-state index contributed by atoms with van der Waals surface area (Å²) in [5, 5.41) is 18.3. The molecule has 8 N–H and O–H groups in total. The molecule has 0 bridgehead atoms. The van der Waals surface area contributed by atoms with Gasteiger partial charge in [0.1, 0.15) is 22.8 Å². The molecule has 5 amide bonds. The fraction of sp³-hybridized carbons (Fsp3) is 0.467. The maximum atomic E-state index is 15.3. The Labute approximate surface area is 363 Å². The number of nitrogens with two attached hydrogens (primary N) is 2. The molecular weight excluding hydrogens is 793 g/mol. The third kappa shape index (κ3) is 13.7. The summed E-state index contributed by atoms with van der Waals surface area (Å²) in [4.78, 5) is 88.1. The van der Waals surface area contributed by atoms with Crippen LogP contribution in [0.1, 0.15) is 94.9 Å². The van der Waals surface area contributed by atoms with Gasteiger partial charge in [-0.3, -0.25) is 19.2 Å². The number of nitrogen functional groups attached to an aromatic ring is 1. The van der Waals surface area contributed by atoms with E-state index in [1.54, 1.807) is 71.1 Å². The number of nitrogens with one attached hydrogen (secondary N) is 3. The molecule has 4 rings (SSSR count). The summed E-state index contributed by atoms with van der Waals surface area (Å²) in [6.45, 7) is 9.67. The molecule has 0 aliphatic carbocycles. The Morgan fingerprint density at radius 2 is 1.58 bits per heavy atom. The number of carbonyl (C=O) groups excluding carboxylic acids is 5. The van der Waals surface area contributed by atoms with Gasteiger partial charge in [-0.25, -0.2) is 24.8 Å². The first-order valence-corrected chi connectivity index (χ1v) is 21.0. The lowest BCUT2D eigenvalue weighted by Gasteiger charge is -2.49. The summed E-state index contributed by atoms with van der Waals surface area (Å²) in [5.41, 5.74) is 11.9. The normalized spacial score (nSPS) is 13.8. The third-order valence-electron chi connectivity index (χ3n) is 10.5. The third-order valence-corrected chi connectivity index (χ3v) is 10.5. The van der Waals surface area contributed by atoms with Crippen molar-refractivity contribution in [1.82, 2.24) is 40.6 Å². The molecule has 0 saturated heterocycles. The Balaban J connectivity index is 1.82. The van der Waals surface area contributed by atoms with E-state index in [0.717, 1.165) is 10.6 Å². The fourth-order valence-electron chi connectivity index (χ4n) is 6.97. The van der Waals surface area contributed by atoms with Crippen LogP contribution in [0.5, 0.6) is 0 Å². The fourth-order valence-corrected chi connectivity index (χ4v) is 6.97. The molecule has 2 aromatic carbocycles. The first-order valence-electron chi connectivity index (χ1n) is 21.0. The van der Waals surface area contributed by atoms with Gasteiger partial charge in [-0.05, 0) is 64.0 Å². The highest BCUT2D eigenvalue weighted by Gasteiger charge is 2.55. The van der Waals surface area contributed by atoms with Crippen LogP contribution in [0.3, 0.4) is 0 Å². The average Bonchev–Trinajstić information content (AvgIpc) is 3.75. The van der Waals surface area contributed by atoms with Crippen molar-refractivity contribution >= 4 is 35.5 Å². The first kappa shape index (κ1) is 48.5. The van der Waals surface area contributed by atoms with Crippen molar-refractivity contribution in [2.75, 3.05) is 12.3 Å². The second kappa shape index (κ2) is 22.6. The minimum Gasteiger partial charge on any atom is -0.442 e. The van der Waals surface area contributed by atoms with Gasteiger partial charge in [-0.15, -0.1) is 5.01 Å². The van der Waals surface area contributed by atoms with E-state index in [0.29, 0.717) is 46.9 Å². The summed E-state index contributed by atoms with van der Waals surface area (Å²) in [6, 6.07) is 17.5. The number of hydrogen-bond acceptors (Lipinski definition) is 12. The minimum absolute atomic E-state index is 0.0520. The quantitative estimate of drug-likeness (QED) is 0.0688. The zero-order chi connectivity index (χ0) is 45.5. The number of imide groups is 1. The molecule has 4 atom stereocenters. The number of anilines is 1. The summed E-state index contributed by atoms with van der Waals surface area (Å²) in [6.07, 6.45) is 2.61. The number of H-pyrrole nitrogens is 1. The Bertz CT molecular complexity index is 2080. The van der Waals surface area contributed by atoms with E-state index in [1.165, 1.54) is 12.5 Å². The molecule has 334 valence electrons. The lowest BCUT2D eigenvalue weighted by atomic mass is 9.76. The van der Waals surface area contributed by atoms with Gasteiger partial charge in [0, 0.05) is 62.4 Å². The number of hydrazine groups is 1. The summed E-state index contributed by atoms with van der Waals surface area (Å²) >= 11 is 0. The van der Waals surface area contributed by atoms with Crippen LogP contribution in [0.15, 0.2) is 79.4 Å². The SMILES string of the molecule is CC[C@H](C)[C@](Cc1ccccc1)(C(=O)NCc1cnc(C)nc1N)N(C(=O)CC[C@@H](O)CCc1ccccc1)N(C(=O)CCNC(=O)[C@@H](N)Cc1cnc[nH]1)C(=O)OC(C)(C)C. The maximum absolute atomic E-state index is 15.3. The molecular formula is C45H62N10O7. The first-order chi connectivity index (χ1) is 29.4. The Kier molecular flexibility index (Phi) is 17.7. The van der Waals surface area contributed by atoms with Crippen molar-refractivity contribution in [2.24, 2.45) is 11.7 Å². The molecule has 0 aliphatic heterocycles. The molecule has 17 heteroatoms. The number of benzene rings is 2. The Morgan fingerprint density at radius 1 is 0.919 bits per heavy atom. The van der Waals surface area contributed by atoms with E-state index in [9.17, 15) is 19.5 Å². The van der Waals surface area contributed by atoms with Crippen molar-refractivity contribution in [2.45, 2.75) is 123 Å². The lowest BCUT2D eigenvalue weighted by Crippen LogP contribution is -2.72. The molecule has 0 fully saturated rings. The molecule has 4 aromatic rings. The van der Waals surface area contributed by atoms with Gasteiger partial charge in [0.2, 0.25) is 17.7 Å². The standard InChI is InChI=1S/C45H62N10O7/c1-7-30(2)45(25-33-16-12-9-13-17-33,42(60)51-27-34-26-50-31(3)53-40(34)47)55(39(58)21-20-36(56)19-18-32-14-10-8-11-15-32)54(43(61)62-44(4,5)6)38(57)22-23-49-41(59)37(46)24-35-28-48-29-52-35/h8-17,26,28-30,36-37,56H,7,18-25,27,46H2,1-6H3,(H,48,52)(H,49,59)(H,51,60)(H2,47,50,53)/t30-,36-,37-,45+/m0/s1. The van der Waals surface area contributed by atoms with Gasteiger partial charge in [-0.2, -0.15) is 0 Å². The molecule has 0 aliphatic rings. The van der Waals surface area contributed by atoms with Gasteiger partial charge < -0.3 is 36.9 Å². The van der Waals surface area contributed by atoms with Crippen LogP contribution in [0, 0.1) is 12.8 Å². The zero-order valence-electron chi connectivity index (χ0n) is 36.6. The number of imidazole rings is 1. The second-order valence-electron chi connectivity index (χ2n) is 16.4. The maximum Gasteiger partial charge on any atom is 0.436 e. The minimum atomic E-state index is -1.98. The average molecular weight is 855 g/mol. The number of ether oxygens (including phenoxy) is 1. The number of aromatic nitrogens is 4. The van der Waals surface area contributed by atoms with E-state index in [2.05, 4.69) is 30.6 Å². The van der Waals surface area contributed by atoms with Crippen molar-refractivity contribution in [3.8, 4) is 0 Å². The molecule has 0 spiro atoms. The summed E-state index contributed by atoms with van der Waals surface area (Å²) < 4.78 is 5.83. The number of aliphatic hydroxyl groups excluding tert-OH is 1. The number of aromatic amines is 1. The molecule has 2 aromatic heterocycles. The molecule has 2 heterocycles. The van der Waals surface area contributed by atoms with E-state index in [-0.39, 0.29) is 44.6 Å². The van der Waals surface area contributed by atoms with Gasteiger partial charge >= 0.3 is 6.09 Å². The number of amides is 5. The molecule has 0 unspecified atom stereocenters.